The van der Waals surface area contributed by atoms with Gasteiger partial charge in [-0.1, -0.05) is 0 Å². The number of hydrogen-bond acceptors (Lipinski definition) is 5. The van der Waals surface area contributed by atoms with Crippen LogP contribution in [0.3, 0.4) is 0 Å². The Bertz CT molecular complexity index is 945. The van der Waals surface area contributed by atoms with Crippen molar-refractivity contribution in [3.63, 3.8) is 0 Å². The van der Waals surface area contributed by atoms with Crippen LogP contribution in [0.5, 0.6) is 5.75 Å². The van der Waals surface area contributed by atoms with E-state index < -0.39 is 12.1 Å². The molecule has 2 aromatic heterocycles. The average molecular weight is 326 g/mol. The summed E-state index contributed by atoms with van der Waals surface area (Å²) in [5.41, 5.74) is 1.19. The largest absolute Gasteiger partial charge is 0.497 e. The van der Waals surface area contributed by atoms with Crippen LogP contribution in [0, 0.1) is 0 Å². The van der Waals surface area contributed by atoms with Crippen molar-refractivity contribution >= 4 is 23.0 Å². The number of methoxy groups -OCH3 is 2. The summed E-state index contributed by atoms with van der Waals surface area (Å²) in [5, 5.41) is 10.3. The highest BCUT2D eigenvalue weighted by atomic mass is 16.5. The molecule has 0 amide bonds. The molecule has 7 nitrogen and oxygen atoms in total. The Kier molecular flexibility index (Phi) is 3.91. The minimum absolute atomic E-state index is 0.192. The van der Waals surface area contributed by atoms with Crippen molar-refractivity contribution < 1.29 is 24.2 Å². The number of fused-ring (bicyclic) bond motifs is 1. The predicted molar refractivity (Wildman–Crippen MR) is 86.5 cm³/mol. The van der Waals surface area contributed by atoms with E-state index >= 15 is 0 Å². The Labute approximate surface area is 137 Å². The van der Waals surface area contributed by atoms with Crippen LogP contribution in [0.1, 0.15) is 10.4 Å². The molecule has 1 N–H and O–H groups in total. The highest BCUT2D eigenvalue weighted by Crippen LogP contribution is 2.31. The summed E-state index contributed by atoms with van der Waals surface area (Å²) in [6.45, 7) is 0. The molecule has 0 radical (unpaired) electrons. The minimum Gasteiger partial charge on any atom is -0.497 e. The molecule has 0 atom stereocenters. The van der Waals surface area contributed by atoms with Crippen LogP contribution in [-0.2, 0) is 4.74 Å². The zero-order valence-electron chi connectivity index (χ0n) is 13.0. The van der Waals surface area contributed by atoms with Gasteiger partial charge in [0.15, 0.2) is 0 Å². The topological polar surface area (TPSA) is 90.7 Å². The first-order valence-corrected chi connectivity index (χ1v) is 7.03. The number of ether oxygens (including phenoxy) is 2. The van der Waals surface area contributed by atoms with Gasteiger partial charge < -0.3 is 14.6 Å². The average Bonchev–Trinajstić information content (AvgIpc) is 2.99. The van der Waals surface area contributed by atoms with E-state index in [1.54, 1.807) is 36.4 Å². The maximum absolute atomic E-state index is 12.0. The van der Waals surface area contributed by atoms with Gasteiger partial charge in [-0.25, -0.2) is 14.2 Å². The first-order valence-electron chi connectivity index (χ1n) is 7.03. The lowest BCUT2D eigenvalue weighted by Gasteiger charge is -2.08. The fourth-order valence-corrected chi connectivity index (χ4v) is 2.58. The van der Waals surface area contributed by atoms with E-state index in [0.29, 0.717) is 16.7 Å². The van der Waals surface area contributed by atoms with Gasteiger partial charge in [-0.2, -0.15) is 0 Å². The number of nitrogens with zero attached hydrogens (tertiary/aromatic N) is 2. The van der Waals surface area contributed by atoms with Gasteiger partial charge in [0, 0.05) is 11.6 Å². The molecule has 1 aromatic carbocycles. The third kappa shape index (κ3) is 2.45. The van der Waals surface area contributed by atoms with Crippen molar-refractivity contribution in [2.75, 3.05) is 14.2 Å². The second-order valence-electron chi connectivity index (χ2n) is 4.96. The van der Waals surface area contributed by atoms with Gasteiger partial charge in [0.25, 0.3) is 0 Å². The Morgan fingerprint density at radius 1 is 1.17 bits per heavy atom. The molecule has 3 aromatic rings. The summed E-state index contributed by atoms with van der Waals surface area (Å²) in [4.78, 5) is 27.9. The molecular formula is C17H14N2O5. The monoisotopic (exact) mass is 326 g/mol. The number of rotatable bonds is 3. The van der Waals surface area contributed by atoms with E-state index in [-0.39, 0.29) is 17.0 Å². The molecule has 0 saturated carbocycles. The summed E-state index contributed by atoms with van der Waals surface area (Å²) >= 11 is 0. The number of hydrogen-bond donors (Lipinski definition) is 1. The van der Waals surface area contributed by atoms with Crippen LogP contribution < -0.4 is 4.74 Å². The van der Waals surface area contributed by atoms with Crippen LogP contribution in [0.15, 0.2) is 42.6 Å². The molecule has 0 saturated heterocycles. The SMILES string of the molecule is COC(=O)c1cccnc1-c1cc2cc(OC)ccc2n1C(=O)O. The zero-order chi connectivity index (χ0) is 17.3. The maximum Gasteiger partial charge on any atom is 0.416 e. The minimum atomic E-state index is -1.17. The zero-order valence-corrected chi connectivity index (χ0v) is 13.0. The molecule has 7 heteroatoms. The molecule has 3 rings (SSSR count). The van der Waals surface area contributed by atoms with Gasteiger partial charge in [0.05, 0.1) is 31.0 Å². The number of pyridine rings is 1. The van der Waals surface area contributed by atoms with Gasteiger partial charge in [0.1, 0.15) is 11.4 Å². The van der Waals surface area contributed by atoms with Crippen LogP contribution >= 0.6 is 0 Å². The lowest BCUT2D eigenvalue weighted by atomic mass is 10.1. The number of carbonyl (C=O) groups excluding carboxylic acids is 1. The summed E-state index contributed by atoms with van der Waals surface area (Å²) in [5.74, 6) is 0.0173. The lowest BCUT2D eigenvalue weighted by Crippen LogP contribution is -2.12. The normalized spacial score (nSPS) is 10.6. The molecule has 0 aliphatic carbocycles. The van der Waals surface area contributed by atoms with Gasteiger partial charge in [0.2, 0.25) is 0 Å². The number of aromatic nitrogens is 2. The van der Waals surface area contributed by atoms with Crippen molar-refractivity contribution in [3.8, 4) is 17.1 Å². The van der Waals surface area contributed by atoms with Crippen molar-refractivity contribution in [2.45, 2.75) is 0 Å². The summed E-state index contributed by atoms with van der Waals surface area (Å²) < 4.78 is 11.0. The molecular weight excluding hydrogens is 312 g/mol. The molecule has 0 aliphatic heterocycles. The van der Waals surface area contributed by atoms with Crippen LogP contribution in [-0.4, -0.2) is 40.9 Å². The van der Waals surface area contributed by atoms with Crippen molar-refractivity contribution in [1.82, 2.24) is 9.55 Å². The first-order chi connectivity index (χ1) is 11.6. The lowest BCUT2D eigenvalue weighted by molar-refractivity contribution is 0.0601. The van der Waals surface area contributed by atoms with E-state index in [0.717, 1.165) is 4.57 Å². The maximum atomic E-state index is 12.0. The van der Waals surface area contributed by atoms with Gasteiger partial charge in [-0.15, -0.1) is 0 Å². The van der Waals surface area contributed by atoms with Crippen LogP contribution in [0.25, 0.3) is 22.3 Å². The van der Waals surface area contributed by atoms with Crippen molar-refractivity contribution in [3.05, 3.63) is 48.2 Å². The second-order valence-corrected chi connectivity index (χ2v) is 4.96. The summed E-state index contributed by atoms with van der Waals surface area (Å²) in [6, 6.07) is 9.82. The van der Waals surface area contributed by atoms with Crippen molar-refractivity contribution in [2.24, 2.45) is 0 Å². The Hall–Kier alpha value is -3.35. The fraction of sp³-hybridized carbons (Fsp3) is 0.118. The molecule has 122 valence electrons. The molecule has 0 spiro atoms. The number of carboxylic acid groups (broad SMARTS) is 1. The van der Waals surface area contributed by atoms with E-state index in [4.69, 9.17) is 9.47 Å². The Morgan fingerprint density at radius 3 is 2.62 bits per heavy atom. The smallest absolute Gasteiger partial charge is 0.416 e. The second kappa shape index (κ2) is 6.04. The van der Waals surface area contributed by atoms with Gasteiger partial charge in [-0.05, 0) is 36.4 Å². The Balaban J connectivity index is 2.32. The number of benzene rings is 1. The van der Waals surface area contributed by atoms with Crippen LogP contribution in [0.2, 0.25) is 0 Å². The number of carbonyl (C=O) groups is 2. The van der Waals surface area contributed by atoms with Gasteiger partial charge in [-0.3, -0.25) is 4.98 Å². The van der Waals surface area contributed by atoms with E-state index in [2.05, 4.69) is 4.98 Å². The van der Waals surface area contributed by atoms with Gasteiger partial charge >= 0.3 is 12.1 Å². The van der Waals surface area contributed by atoms with Crippen LogP contribution in [0.4, 0.5) is 4.79 Å². The third-order valence-electron chi connectivity index (χ3n) is 3.66. The molecule has 0 aliphatic rings. The number of esters is 1. The molecule has 0 fully saturated rings. The van der Waals surface area contributed by atoms with E-state index in [9.17, 15) is 14.7 Å². The summed E-state index contributed by atoms with van der Waals surface area (Å²) in [7, 11) is 2.79. The third-order valence-corrected chi connectivity index (χ3v) is 3.66. The van der Waals surface area contributed by atoms with Crippen molar-refractivity contribution in [1.29, 1.82) is 0 Å². The first kappa shape index (κ1) is 15.5. The Morgan fingerprint density at radius 2 is 1.96 bits per heavy atom. The van der Waals surface area contributed by atoms with E-state index in [1.165, 1.54) is 20.4 Å². The molecule has 2 heterocycles. The molecule has 0 unspecified atom stereocenters. The molecule has 24 heavy (non-hydrogen) atoms. The quantitative estimate of drug-likeness (QED) is 0.744. The summed E-state index contributed by atoms with van der Waals surface area (Å²) in [6.07, 6.45) is 0.318. The van der Waals surface area contributed by atoms with E-state index in [1.807, 2.05) is 0 Å². The standard InChI is InChI=1S/C17H14N2O5/c1-23-11-5-6-13-10(8-11)9-14(19(13)17(21)22)15-12(16(20)24-2)4-3-7-18-15/h3-9H,1-2H3,(H,21,22). The molecule has 0 bridgehead atoms. The highest BCUT2D eigenvalue weighted by Gasteiger charge is 2.22. The predicted octanol–water partition coefficient (Wildman–Crippen LogP) is 3.02. The highest BCUT2D eigenvalue weighted by molar-refractivity contribution is 6.01. The fourth-order valence-electron chi connectivity index (χ4n) is 2.58.